The van der Waals surface area contributed by atoms with E-state index in [1.54, 1.807) is 0 Å². The second kappa shape index (κ2) is 5.44. The van der Waals surface area contributed by atoms with Crippen molar-refractivity contribution in [3.63, 3.8) is 0 Å². The number of fused-ring (bicyclic) bond motifs is 2. The van der Waals surface area contributed by atoms with Gasteiger partial charge in [0.15, 0.2) is 0 Å². The van der Waals surface area contributed by atoms with E-state index >= 15 is 0 Å². The molecule has 0 radical (unpaired) electrons. The Hall–Kier alpha value is -1.80. The predicted molar refractivity (Wildman–Crippen MR) is 77.9 cm³/mol. The molecule has 1 saturated heterocycles. The predicted octanol–water partition coefficient (Wildman–Crippen LogP) is 4.22. The number of likely N-dealkylation sites (N-methyl/N-ethyl adjacent to an activating group) is 1. The van der Waals surface area contributed by atoms with Gasteiger partial charge in [0.2, 0.25) is 0 Å². The average molecular weight is 306 g/mol. The minimum Gasteiger partial charge on any atom is -0.297 e. The Labute approximate surface area is 127 Å². The summed E-state index contributed by atoms with van der Waals surface area (Å²) in [7, 11) is 2.10. The molecule has 0 N–H and O–H groups in total. The van der Waals surface area contributed by atoms with Crippen LogP contribution in [0.5, 0.6) is 0 Å². The van der Waals surface area contributed by atoms with Gasteiger partial charge in [-0.15, -0.1) is 0 Å². The minimum absolute atomic E-state index is 0.115. The minimum atomic E-state index is -4.41. The summed E-state index contributed by atoms with van der Waals surface area (Å²) >= 11 is 0. The van der Waals surface area contributed by atoms with E-state index in [9.17, 15) is 18.4 Å². The van der Waals surface area contributed by atoms with Crippen LogP contribution >= 0.6 is 0 Å². The van der Waals surface area contributed by atoms with E-state index in [1.165, 1.54) is 12.5 Å². The van der Waals surface area contributed by atoms with Gasteiger partial charge in [-0.25, -0.2) is 0 Å². The molecule has 116 valence electrons. The van der Waals surface area contributed by atoms with E-state index in [-0.39, 0.29) is 5.56 Å². The fourth-order valence-electron chi connectivity index (χ4n) is 3.53. The topological polar surface area (TPSA) is 27.0 Å². The molecule has 2 aliphatic rings. The highest BCUT2D eigenvalue weighted by molar-refractivity contribution is 5.72. The van der Waals surface area contributed by atoms with Crippen LogP contribution < -0.4 is 0 Å². The third-order valence-corrected chi connectivity index (χ3v) is 4.80. The Morgan fingerprint density at radius 1 is 1.27 bits per heavy atom. The van der Waals surface area contributed by atoms with Gasteiger partial charge in [-0.05, 0) is 49.6 Å². The van der Waals surface area contributed by atoms with Crippen molar-refractivity contribution in [1.29, 1.82) is 5.26 Å². The molecule has 0 saturated carbocycles. The largest absolute Gasteiger partial charge is 0.416 e. The van der Waals surface area contributed by atoms with E-state index in [0.717, 1.165) is 37.0 Å². The van der Waals surface area contributed by atoms with Crippen LogP contribution in [0.4, 0.5) is 13.2 Å². The first-order valence-electron chi connectivity index (χ1n) is 7.44. The van der Waals surface area contributed by atoms with Crippen molar-refractivity contribution in [3.8, 4) is 6.07 Å². The SMILES string of the molecule is CN1C2C=C(c3ccc(C(F)(F)F)cc3C#N)CC1CCC2. The fourth-order valence-corrected chi connectivity index (χ4v) is 3.53. The van der Waals surface area contributed by atoms with Crippen molar-refractivity contribution >= 4 is 5.57 Å². The quantitative estimate of drug-likeness (QED) is 0.777. The normalized spacial score (nSPS) is 25.5. The third-order valence-electron chi connectivity index (χ3n) is 4.80. The van der Waals surface area contributed by atoms with Crippen molar-refractivity contribution in [3.05, 3.63) is 41.0 Å². The summed E-state index contributed by atoms with van der Waals surface area (Å²) in [6, 6.07) is 6.17. The lowest BCUT2D eigenvalue weighted by atomic mass is 9.82. The van der Waals surface area contributed by atoms with Crippen molar-refractivity contribution < 1.29 is 13.2 Å². The molecule has 1 aromatic rings. The van der Waals surface area contributed by atoms with Gasteiger partial charge in [-0.1, -0.05) is 18.6 Å². The zero-order valence-electron chi connectivity index (χ0n) is 12.3. The zero-order valence-corrected chi connectivity index (χ0v) is 12.3. The van der Waals surface area contributed by atoms with Gasteiger partial charge in [0.1, 0.15) is 0 Å². The van der Waals surface area contributed by atoms with Crippen LogP contribution in [-0.2, 0) is 6.18 Å². The molecule has 2 aliphatic heterocycles. The molecule has 0 aromatic heterocycles. The molecule has 22 heavy (non-hydrogen) atoms. The molecule has 2 bridgehead atoms. The number of halogens is 3. The molecule has 0 spiro atoms. The van der Waals surface area contributed by atoms with Crippen LogP contribution in [0.15, 0.2) is 24.3 Å². The zero-order chi connectivity index (χ0) is 15.9. The summed E-state index contributed by atoms with van der Waals surface area (Å²) in [5, 5.41) is 9.24. The summed E-state index contributed by atoms with van der Waals surface area (Å²) in [6.45, 7) is 0. The molecule has 2 unspecified atom stereocenters. The standard InChI is InChI=1S/C17H17F3N2/c1-22-14-3-2-4-15(22)9-11(8-14)16-6-5-13(17(18,19)20)7-12(16)10-21/h5-8,14-15H,2-4,9H2,1H3. The third kappa shape index (κ3) is 2.64. The Morgan fingerprint density at radius 2 is 2.05 bits per heavy atom. The summed E-state index contributed by atoms with van der Waals surface area (Å²) < 4.78 is 38.4. The van der Waals surface area contributed by atoms with Crippen molar-refractivity contribution in [2.75, 3.05) is 7.05 Å². The number of benzene rings is 1. The van der Waals surface area contributed by atoms with Crippen molar-refractivity contribution in [1.82, 2.24) is 4.90 Å². The van der Waals surface area contributed by atoms with Crippen molar-refractivity contribution in [2.45, 2.75) is 43.9 Å². The summed E-state index contributed by atoms with van der Waals surface area (Å²) in [5.41, 5.74) is 1.02. The second-order valence-electron chi connectivity index (χ2n) is 6.08. The van der Waals surface area contributed by atoms with Gasteiger partial charge in [-0.2, -0.15) is 18.4 Å². The maximum Gasteiger partial charge on any atom is 0.416 e. The van der Waals surface area contributed by atoms with E-state index in [4.69, 9.17) is 0 Å². The number of rotatable bonds is 1. The smallest absolute Gasteiger partial charge is 0.297 e. The molecule has 1 aromatic carbocycles. The van der Waals surface area contributed by atoms with Crippen LogP contribution in [-0.4, -0.2) is 24.0 Å². The Balaban J connectivity index is 2.01. The molecular weight excluding hydrogens is 289 g/mol. The van der Waals surface area contributed by atoms with Crippen LogP contribution in [0, 0.1) is 11.3 Å². The fraction of sp³-hybridized carbons (Fsp3) is 0.471. The summed E-state index contributed by atoms with van der Waals surface area (Å²) in [6.07, 6.45) is 1.86. The van der Waals surface area contributed by atoms with E-state index in [2.05, 4.69) is 18.0 Å². The summed E-state index contributed by atoms with van der Waals surface area (Å²) in [5.74, 6) is 0. The molecule has 5 heteroatoms. The highest BCUT2D eigenvalue weighted by atomic mass is 19.4. The van der Waals surface area contributed by atoms with Gasteiger partial charge in [0, 0.05) is 12.1 Å². The maximum atomic E-state index is 12.8. The lowest BCUT2D eigenvalue weighted by molar-refractivity contribution is -0.137. The first-order chi connectivity index (χ1) is 10.4. The first-order valence-corrected chi connectivity index (χ1v) is 7.44. The number of alkyl halides is 3. The highest BCUT2D eigenvalue weighted by Crippen LogP contribution is 2.38. The number of hydrogen-bond donors (Lipinski definition) is 0. The van der Waals surface area contributed by atoms with Gasteiger partial charge in [0.25, 0.3) is 0 Å². The number of nitriles is 1. The second-order valence-corrected chi connectivity index (χ2v) is 6.08. The average Bonchev–Trinajstić information content (AvgIpc) is 2.45. The molecular formula is C17H17F3N2. The van der Waals surface area contributed by atoms with E-state index in [0.29, 0.717) is 17.6 Å². The van der Waals surface area contributed by atoms with Crippen LogP contribution in [0.2, 0.25) is 0 Å². The van der Waals surface area contributed by atoms with Gasteiger partial charge in [-0.3, -0.25) is 4.90 Å². The Bertz CT molecular complexity index is 655. The number of piperidine rings is 1. The Morgan fingerprint density at radius 3 is 2.68 bits per heavy atom. The molecule has 0 aliphatic carbocycles. The van der Waals surface area contributed by atoms with Crippen molar-refractivity contribution in [2.24, 2.45) is 0 Å². The maximum absolute atomic E-state index is 12.8. The van der Waals surface area contributed by atoms with Gasteiger partial charge < -0.3 is 0 Å². The molecule has 2 nitrogen and oxygen atoms in total. The molecule has 2 atom stereocenters. The first kappa shape index (κ1) is 15.1. The monoisotopic (exact) mass is 306 g/mol. The molecule has 1 fully saturated rings. The number of nitrogens with zero attached hydrogens (tertiary/aromatic N) is 2. The summed E-state index contributed by atoms with van der Waals surface area (Å²) in [4.78, 5) is 2.34. The lowest BCUT2D eigenvalue weighted by Gasteiger charge is -2.43. The van der Waals surface area contributed by atoms with Crippen LogP contribution in [0.1, 0.15) is 42.4 Å². The Kier molecular flexibility index (Phi) is 3.73. The van der Waals surface area contributed by atoms with Crippen LogP contribution in [0.25, 0.3) is 5.57 Å². The molecule has 2 heterocycles. The van der Waals surface area contributed by atoms with Gasteiger partial charge in [0.05, 0.1) is 17.2 Å². The van der Waals surface area contributed by atoms with E-state index < -0.39 is 11.7 Å². The van der Waals surface area contributed by atoms with E-state index in [1.807, 2.05) is 6.07 Å². The molecule has 3 rings (SSSR count). The number of hydrogen-bond acceptors (Lipinski definition) is 2. The highest BCUT2D eigenvalue weighted by Gasteiger charge is 2.34. The molecule has 0 amide bonds. The van der Waals surface area contributed by atoms with Crippen LogP contribution in [0.3, 0.4) is 0 Å². The van der Waals surface area contributed by atoms with Gasteiger partial charge >= 0.3 is 6.18 Å². The lowest BCUT2D eigenvalue weighted by Crippen LogP contribution is -2.45.